The molecule has 2 aromatic heterocycles. The SMILES string of the molecule is CCCNC(c1ccncc1)c1cnn(CC)c1. The topological polar surface area (TPSA) is 42.7 Å². The first-order valence-electron chi connectivity index (χ1n) is 6.50. The van der Waals surface area contributed by atoms with Gasteiger partial charge in [-0.25, -0.2) is 0 Å². The Morgan fingerprint density at radius 2 is 2.00 bits per heavy atom. The van der Waals surface area contributed by atoms with E-state index in [-0.39, 0.29) is 6.04 Å². The second-order valence-electron chi connectivity index (χ2n) is 4.30. The van der Waals surface area contributed by atoms with Gasteiger partial charge in [-0.2, -0.15) is 5.10 Å². The van der Waals surface area contributed by atoms with E-state index in [9.17, 15) is 0 Å². The third-order valence-corrected chi connectivity index (χ3v) is 2.95. The van der Waals surface area contributed by atoms with E-state index < -0.39 is 0 Å². The number of aryl methyl sites for hydroxylation is 1. The van der Waals surface area contributed by atoms with Crippen LogP contribution in [0.25, 0.3) is 0 Å². The van der Waals surface area contributed by atoms with Crippen molar-refractivity contribution in [2.45, 2.75) is 32.9 Å². The summed E-state index contributed by atoms with van der Waals surface area (Å²) in [5.74, 6) is 0. The molecule has 2 aromatic rings. The Kier molecular flexibility index (Phi) is 4.47. The van der Waals surface area contributed by atoms with E-state index in [4.69, 9.17) is 0 Å². The molecule has 2 rings (SSSR count). The third kappa shape index (κ3) is 2.96. The molecule has 1 atom stereocenters. The van der Waals surface area contributed by atoms with Crippen molar-refractivity contribution in [1.29, 1.82) is 0 Å². The second kappa shape index (κ2) is 6.31. The molecule has 0 fully saturated rings. The number of rotatable bonds is 6. The standard InChI is InChI=1S/C14H20N4/c1-3-7-16-14(12-5-8-15-9-6-12)13-10-17-18(4-2)11-13/h5-6,8-11,14,16H,3-4,7H2,1-2H3. The normalized spacial score (nSPS) is 12.6. The fraction of sp³-hybridized carbons (Fsp3) is 0.429. The van der Waals surface area contributed by atoms with Crippen molar-refractivity contribution in [2.75, 3.05) is 6.54 Å². The van der Waals surface area contributed by atoms with E-state index in [1.807, 2.05) is 23.3 Å². The van der Waals surface area contributed by atoms with Crippen molar-refractivity contribution in [3.05, 3.63) is 48.0 Å². The highest BCUT2D eigenvalue weighted by Gasteiger charge is 2.14. The summed E-state index contributed by atoms with van der Waals surface area (Å²) in [5, 5.41) is 7.91. The highest BCUT2D eigenvalue weighted by Crippen LogP contribution is 2.20. The van der Waals surface area contributed by atoms with Crippen LogP contribution in [0.15, 0.2) is 36.9 Å². The van der Waals surface area contributed by atoms with Crippen molar-refractivity contribution < 1.29 is 0 Å². The molecule has 0 aliphatic rings. The molecule has 0 amide bonds. The number of pyridine rings is 1. The van der Waals surface area contributed by atoms with Crippen LogP contribution < -0.4 is 5.32 Å². The molecule has 0 aliphatic heterocycles. The second-order valence-corrected chi connectivity index (χ2v) is 4.30. The van der Waals surface area contributed by atoms with Crippen molar-refractivity contribution >= 4 is 0 Å². The summed E-state index contributed by atoms with van der Waals surface area (Å²) >= 11 is 0. The van der Waals surface area contributed by atoms with Crippen molar-refractivity contribution in [3.63, 3.8) is 0 Å². The van der Waals surface area contributed by atoms with Crippen molar-refractivity contribution in [3.8, 4) is 0 Å². The maximum absolute atomic E-state index is 4.35. The van der Waals surface area contributed by atoms with Gasteiger partial charge in [-0.05, 0) is 37.6 Å². The molecule has 0 aliphatic carbocycles. The highest BCUT2D eigenvalue weighted by molar-refractivity contribution is 5.27. The smallest absolute Gasteiger partial charge is 0.0609 e. The van der Waals surface area contributed by atoms with Crippen LogP contribution in [0, 0.1) is 0 Å². The zero-order chi connectivity index (χ0) is 12.8. The Labute approximate surface area is 108 Å². The van der Waals surface area contributed by atoms with E-state index in [1.54, 1.807) is 0 Å². The van der Waals surface area contributed by atoms with Crippen LogP contribution in [0.5, 0.6) is 0 Å². The lowest BCUT2D eigenvalue weighted by Crippen LogP contribution is -2.22. The van der Waals surface area contributed by atoms with E-state index >= 15 is 0 Å². The molecule has 0 saturated carbocycles. The molecule has 0 radical (unpaired) electrons. The lowest BCUT2D eigenvalue weighted by atomic mass is 10.0. The summed E-state index contributed by atoms with van der Waals surface area (Å²) in [5.41, 5.74) is 2.44. The number of nitrogens with one attached hydrogen (secondary N) is 1. The molecule has 96 valence electrons. The van der Waals surface area contributed by atoms with Gasteiger partial charge in [-0.3, -0.25) is 9.67 Å². The van der Waals surface area contributed by atoms with E-state index in [0.29, 0.717) is 0 Å². The lowest BCUT2D eigenvalue weighted by Gasteiger charge is -2.17. The number of aromatic nitrogens is 3. The minimum absolute atomic E-state index is 0.202. The van der Waals surface area contributed by atoms with E-state index in [2.05, 4.69) is 47.6 Å². The molecule has 0 bridgehead atoms. The van der Waals surface area contributed by atoms with Gasteiger partial charge in [0.2, 0.25) is 0 Å². The summed E-state index contributed by atoms with van der Waals surface area (Å²) < 4.78 is 1.96. The van der Waals surface area contributed by atoms with E-state index in [0.717, 1.165) is 19.5 Å². The Balaban J connectivity index is 2.24. The van der Waals surface area contributed by atoms with Crippen LogP contribution in [0.2, 0.25) is 0 Å². The lowest BCUT2D eigenvalue weighted by molar-refractivity contribution is 0.596. The minimum atomic E-state index is 0.202. The van der Waals surface area contributed by atoms with Crippen LogP contribution in [0.1, 0.15) is 37.4 Å². The predicted octanol–water partition coefficient (Wildman–Crippen LogP) is 2.39. The molecule has 2 heterocycles. The van der Waals surface area contributed by atoms with Gasteiger partial charge in [0.25, 0.3) is 0 Å². The Morgan fingerprint density at radius 1 is 1.22 bits per heavy atom. The highest BCUT2D eigenvalue weighted by atomic mass is 15.3. The number of hydrogen-bond donors (Lipinski definition) is 1. The van der Waals surface area contributed by atoms with Gasteiger partial charge in [-0.1, -0.05) is 6.92 Å². The Morgan fingerprint density at radius 3 is 2.61 bits per heavy atom. The molecule has 0 saturated heterocycles. The molecule has 4 heteroatoms. The van der Waals surface area contributed by atoms with Crippen LogP contribution in [0.3, 0.4) is 0 Å². The van der Waals surface area contributed by atoms with Gasteiger partial charge in [0.1, 0.15) is 0 Å². The fourth-order valence-corrected chi connectivity index (χ4v) is 1.97. The van der Waals surface area contributed by atoms with Gasteiger partial charge < -0.3 is 5.32 Å². The first-order chi connectivity index (χ1) is 8.85. The Bertz CT molecular complexity index is 464. The third-order valence-electron chi connectivity index (χ3n) is 2.95. The summed E-state index contributed by atoms with van der Waals surface area (Å²) in [7, 11) is 0. The van der Waals surface area contributed by atoms with Crippen LogP contribution >= 0.6 is 0 Å². The van der Waals surface area contributed by atoms with Gasteiger partial charge in [-0.15, -0.1) is 0 Å². The maximum atomic E-state index is 4.35. The molecular formula is C14H20N4. The zero-order valence-electron chi connectivity index (χ0n) is 11.0. The van der Waals surface area contributed by atoms with Gasteiger partial charge in [0.15, 0.2) is 0 Å². The van der Waals surface area contributed by atoms with Gasteiger partial charge in [0.05, 0.1) is 12.2 Å². The van der Waals surface area contributed by atoms with Crippen molar-refractivity contribution in [2.24, 2.45) is 0 Å². The molecule has 18 heavy (non-hydrogen) atoms. The Hall–Kier alpha value is -1.68. The average molecular weight is 244 g/mol. The van der Waals surface area contributed by atoms with Crippen LogP contribution in [0.4, 0.5) is 0 Å². The fourth-order valence-electron chi connectivity index (χ4n) is 1.97. The minimum Gasteiger partial charge on any atom is -0.306 e. The molecule has 0 aromatic carbocycles. The molecule has 1 N–H and O–H groups in total. The molecule has 0 spiro atoms. The molecule has 4 nitrogen and oxygen atoms in total. The van der Waals surface area contributed by atoms with Gasteiger partial charge in [0, 0.05) is 30.7 Å². The van der Waals surface area contributed by atoms with Crippen LogP contribution in [-0.4, -0.2) is 21.3 Å². The summed E-state index contributed by atoms with van der Waals surface area (Å²) in [6.45, 7) is 6.16. The zero-order valence-corrected chi connectivity index (χ0v) is 11.0. The first kappa shape index (κ1) is 12.8. The van der Waals surface area contributed by atoms with Gasteiger partial charge >= 0.3 is 0 Å². The summed E-state index contributed by atoms with van der Waals surface area (Å²) in [4.78, 5) is 4.07. The summed E-state index contributed by atoms with van der Waals surface area (Å²) in [6, 6.07) is 4.31. The monoisotopic (exact) mass is 244 g/mol. The van der Waals surface area contributed by atoms with E-state index in [1.165, 1.54) is 11.1 Å². The average Bonchev–Trinajstić information content (AvgIpc) is 2.89. The largest absolute Gasteiger partial charge is 0.306 e. The predicted molar refractivity (Wildman–Crippen MR) is 72.3 cm³/mol. The number of nitrogens with zero attached hydrogens (tertiary/aromatic N) is 3. The molecule has 1 unspecified atom stereocenters. The maximum Gasteiger partial charge on any atom is 0.0609 e. The van der Waals surface area contributed by atoms with Crippen LogP contribution in [-0.2, 0) is 6.54 Å². The van der Waals surface area contributed by atoms with Crippen molar-refractivity contribution in [1.82, 2.24) is 20.1 Å². The molecular weight excluding hydrogens is 224 g/mol. The number of hydrogen-bond acceptors (Lipinski definition) is 3. The first-order valence-corrected chi connectivity index (χ1v) is 6.50. The summed E-state index contributed by atoms with van der Waals surface area (Å²) in [6.07, 6.45) is 8.83. The quantitative estimate of drug-likeness (QED) is 0.848.